The molecule has 2 aromatic rings. The summed E-state index contributed by atoms with van der Waals surface area (Å²) in [5.74, 6) is -0.456. The fourth-order valence-electron chi connectivity index (χ4n) is 2.88. The maximum Gasteiger partial charge on any atom is 0.433 e. The Bertz CT molecular complexity index is 809. The first kappa shape index (κ1) is 21.0. The van der Waals surface area contributed by atoms with Gasteiger partial charge in [-0.3, -0.25) is 5.10 Å². The van der Waals surface area contributed by atoms with Crippen LogP contribution >= 0.6 is 11.3 Å². The molecule has 1 saturated heterocycles. The van der Waals surface area contributed by atoms with Gasteiger partial charge in [-0.25, -0.2) is 0 Å². The SMILES string of the molecule is Cc1csc(Cc2c(O[C@H]3O[C@H](CO)[C@@H](O)[C@H](O)[C@H]3O)n[nH]c2C(F)(F)F)c1. The van der Waals surface area contributed by atoms with Crippen molar-refractivity contribution in [2.45, 2.75) is 50.2 Å². The molecule has 0 aliphatic carbocycles. The second-order valence-corrected chi connectivity index (χ2v) is 7.46. The highest BCUT2D eigenvalue weighted by Crippen LogP contribution is 2.37. The minimum Gasteiger partial charge on any atom is -0.443 e. The van der Waals surface area contributed by atoms with E-state index in [1.54, 1.807) is 11.4 Å². The number of ether oxygens (including phenoxy) is 2. The molecule has 1 aliphatic rings. The molecule has 5 atom stereocenters. The number of aliphatic hydroxyl groups excluding tert-OH is 4. The number of aryl methyl sites for hydroxylation is 1. The Morgan fingerprint density at radius 1 is 1.25 bits per heavy atom. The van der Waals surface area contributed by atoms with Crippen molar-refractivity contribution in [1.29, 1.82) is 0 Å². The zero-order valence-electron chi connectivity index (χ0n) is 14.6. The summed E-state index contributed by atoms with van der Waals surface area (Å²) in [6, 6.07) is 1.73. The van der Waals surface area contributed by atoms with E-state index in [9.17, 15) is 33.6 Å². The van der Waals surface area contributed by atoms with Crippen molar-refractivity contribution in [3.05, 3.63) is 33.1 Å². The second kappa shape index (κ2) is 7.97. The summed E-state index contributed by atoms with van der Waals surface area (Å²) in [4.78, 5) is 0.642. The minimum absolute atomic E-state index is 0.128. The molecule has 8 nitrogen and oxygen atoms in total. The molecule has 0 unspecified atom stereocenters. The highest BCUT2D eigenvalue weighted by Gasteiger charge is 2.46. The number of nitrogens with one attached hydrogen (secondary N) is 1. The largest absolute Gasteiger partial charge is 0.443 e. The van der Waals surface area contributed by atoms with Crippen LogP contribution in [0, 0.1) is 6.92 Å². The molecule has 3 heterocycles. The van der Waals surface area contributed by atoms with Crippen LogP contribution in [-0.2, 0) is 17.3 Å². The number of nitrogens with zero attached hydrogens (tertiary/aromatic N) is 1. The fraction of sp³-hybridized carbons (Fsp3) is 0.562. The number of H-pyrrole nitrogens is 1. The smallest absolute Gasteiger partial charge is 0.433 e. The van der Waals surface area contributed by atoms with Crippen LogP contribution in [0.1, 0.15) is 21.7 Å². The van der Waals surface area contributed by atoms with Gasteiger partial charge >= 0.3 is 6.18 Å². The van der Waals surface area contributed by atoms with E-state index in [1.165, 1.54) is 11.3 Å². The third-order valence-electron chi connectivity index (χ3n) is 4.32. The van der Waals surface area contributed by atoms with Gasteiger partial charge in [0.05, 0.1) is 12.2 Å². The van der Waals surface area contributed by atoms with Gasteiger partial charge in [0.1, 0.15) is 30.1 Å². The van der Waals surface area contributed by atoms with Gasteiger partial charge in [-0.05, 0) is 23.9 Å². The first-order chi connectivity index (χ1) is 13.1. The Morgan fingerprint density at radius 3 is 2.54 bits per heavy atom. The van der Waals surface area contributed by atoms with Crippen molar-refractivity contribution in [3.8, 4) is 5.88 Å². The highest BCUT2D eigenvalue weighted by molar-refractivity contribution is 7.10. The number of alkyl halides is 3. The van der Waals surface area contributed by atoms with Crippen LogP contribution in [0.4, 0.5) is 13.2 Å². The fourth-order valence-corrected chi connectivity index (χ4v) is 3.76. The topological polar surface area (TPSA) is 128 Å². The number of hydrogen-bond donors (Lipinski definition) is 5. The van der Waals surface area contributed by atoms with E-state index in [0.29, 0.717) is 4.88 Å². The van der Waals surface area contributed by atoms with E-state index in [1.807, 2.05) is 12.0 Å². The average molecular weight is 424 g/mol. The predicted octanol–water partition coefficient (Wildman–Crippen LogP) is 0.568. The molecular weight excluding hydrogens is 405 g/mol. The number of aliphatic hydroxyl groups is 4. The summed E-state index contributed by atoms with van der Waals surface area (Å²) < 4.78 is 50.5. The molecule has 0 radical (unpaired) electrons. The van der Waals surface area contributed by atoms with Crippen molar-refractivity contribution >= 4 is 11.3 Å². The van der Waals surface area contributed by atoms with E-state index >= 15 is 0 Å². The van der Waals surface area contributed by atoms with Gasteiger partial charge in [-0.1, -0.05) is 0 Å². The van der Waals surface area contributed by atoms with Gasteiger partial charge < -0.3 is 29.9 Å². The van der Waals surface area contributed by atoms with Crippen molar-refractivity contribution < 1.29 is 43.1 Å². The Kier molecular flexibility index (Phi) is 5.98. The quantitative estimate of drug-likeness (QED) is 0.475. The van der Waals surface area contributed by atoms with E-state index in [0.717, 1.165) is 5.56 Å². The first-order valence-corrected chi connectivity index (χ1v) is 9.15. The molecule has 2 aromatic heterocycles. The van der Waals surface area contributed by atoms with E-state index in [2.05, 4.69) is 5.10 Å². The molecule has 0 amide bonds. The molecule has 12 heteroatoms. The van der Waals surface area contributed by atoms with E-state index < -0.39 is 55.1 Å². The van der Waals surface area contributed by atoms with E-state index in [4.69, 9.17) is 9.47 Å². The molecule has 0 spiro atoms. The van der Waals surface area contributed by atoms with Crippen LogP contribution in [-0.4, -0.2) is 67.9 Å². The van der Waals surface area contributed by atoms with Crippen LogP contribution in [0.3, 0.4) is 0 Å². The van der Waals surface area contributed by atoms with Gasteiger partial charge in [0.2, 0.25) is 12.2 Å². The lowest BCUT2D eigenvalue weighted by Gasteiger charge is -2.39. The molecule has 0 saturated carbocycles. The van der Waals surface area contributed by atoms with Crippen molar-refractivity contribution in [2.24, 2.45) is 0 Å². The van der Waals surface area contributed by atoms with Crippen molar-refractivity contribution in [3.63, 3.8) is 0 Å². The van der Waals surface area contributed by atoms with Crippen LogP contribution in [0.5, 0.6) is 5.88 Å². The average Bonchev–Trinajstić information content (AvgIpc) is 3.21. The number of aromatic nitrogens is 2. The van der Waals surface area contributed by atoms with E-state index in [-0.39, 0.29) is 12.0 Å². The molecule has 5 N–H and O–H groups in total. The molecular formula is C16H19F3N2O6S. The molecule has 1 fully saturated rings. The maximum absolute atomic E-state index is 13.3. The zero-order valence-corrected chi connectivity index (χ0v) is 15.4. The normalized spacial score (nSPS) is 28.5. The summed E-state index contributed by atoms with van der Waals surface area (Å²) in [6.45, 7) is 1.12. The summed E-state index contributed by atoms with van der Waals surface area (Å²) in [5.41, 5.74) is -0.488. The summed E-state index contributed by atoms with van der Waals surface area (Å²) in [5, 5.41) is 46.1. The number of rotatable bonds is 5. The molecule has 0 bridgehead atoms. The van der Waals surface area contributed by atoms with Crippen molar-refractivity contribution in [1.82, 2.24) is 10.2 Å². The molecule has 1 aliphatic heterocycles. The lowest BCUT2D eigenvalue weighted by atomic mass is 9.99. The number of halogens is 3. The van der Waals surface area contributed by atoms with Gasteiger partial charge in [0.25, 0.3) is 0 Å². The number of thiophene rings is 1. The third-order valence-corrected chi connectivity index (χ3v) is 5.38. The Balaban J connectivity index is 1.90. The summed E-state index contributed by atoms with van der Waals surface area (Å²) >= 11 is 1.28. The Hall–Kier alpha value is -1.70. The van der Waals surface area contributed by atoms with Crippen LogP contribution in [0.25, 0.3) is 0 Å². The Labute approximate surface area is 161 Å². The summed E-state index contributed by atoms with van der Waals surface area (Å²) in [6.07, 6.45) is -12.8. The monoisotopic (exact) mass is 424 g/mol. The molecule has 156 valence electrons. The van der Waals surface area contributed by atoms with Gasteiger partial charge in [-0.15, -0.1) is 16.4 Å². The maximum atomic E-state index is 13.3. The first-order valence-electron chi connectivity index (χ1n) is 8.27. The van der Waals surface area contributed by atoms with Crippen molar-refractivity contribution in [2.75, 3.05) is 6.61 Å². The van der Waals surface area contributed by atoms with Gasteiger partial charge in [0, 0.05) is 11.3 Å². The van der Waals surface area contributed by atoms with Crippen LogP contribution < -0.4 is 4.74 Å². The summed E-state index contributed by atoms with van der Waals surface area (Å²) in [7, 11) is 0. The predicted molar refractivity (Wildman–Crippen MR) is 89.8 cm³/mol. The molecule has 28 heavy (non-hydrogen) atoms. The Morgan fingerprint density at radius 2 is 1.96 bits per heavy atom. The zero-order chi connectivity index (χ0) is 20.6. The van der Waals surface area contributed by atoms with Gasteiger partial charge in [-0.2, -0.15) is 13.2 Å². The second-order valence-electron chi connectivity index (χ2n) is 6.46. The lowest BCUT2D eigenvalue weighted by Crippen LogP contribution is -2.60. The minimum atomic E-state index is -4.72. The highest BCUT2D eigenvalue weighted by atomic mass is 32.1. The van der Waals surface area contributed by atoms with Crippen LogP contribution in [0.2, 0.25) is 0 Å². The third kappa shape index (κ3) is 4.16. The molecule has 3 rings (SSSR count). The van der Waals surface area contributed by atoms with Gasteiger partial charge in [0.15, 0.2) is 0 Å². The number of aromatic amines is 1. The standard InChI is InChI=1S/C16H19F3N2O6S/c1-6-2-7(28-5-6)3-8-13(16(17,18)19)20-21-14(8)27-15-12(25)11(24)10(23)9(4-22)26-15/h2,5,9-12,15,22-25H,3-4H2,1H3,(H,20,21)/t9-,10-,11+,12-,15-/m1/s1. The van der Waals surface area contributed by atoms with Crippen LogP contribution in [0.15, 0.2) is 11.4 Å². The lowest BCUT2D eigenvalue weighted by molar-refractivity contribution is -0.278. The molecule has 0 aromatic carbocycles. The number of hydrogen-bond acceptors (Lipinski definition) is 8.